The number of hydrogen-bond acceptors (Lipinski definition) is 2. The van der Waals surface area contributed by atoms with Gasteiger partial charge in [-0.25, -0.2) is 0 Å². The van der Waals surface area contributed by atoms with Crippen molar-refractivity contribution in [3.05, 3.63) is 48.0 Å². The molecule has 0 spiro atoms. The molecule has 1 heterocycles. The zero-order chi connectivity index (χ0) is 15.0. The summed E-state index contributed by atoms with van der Waals surface area (Å²) in [6.45, 7) is 2.42. The minimum absolute atomic E-state index is 0.000709. The van der Waals surface area contributed by atoms with Crippen LogP contribution in [0.1, 0.15) is 24.9 Å². The number of fused-ring (bicyclic) bond motifs is 1. The summed E-state index contributed by atoms with van der Waals surface area (Å²) in [6.07, 6.45) is 0.227. The number of rotatable bonds is 3. The first-order valence-corrected chi connectivity index (χ1v) is 7.14. The highest BCUT2D eigenvalue weighted by molar-refractivity contribution is 5.90. The molecule has 0 aromatic heterocycles. The highest BCUT2D eigenvalue weighted by Crippen LogP contribution is 2.32. The SMILES string of the molecule is CC(c1cccc2ccccc12)N1CC(C(N)=O)CC1=O. The van der Waals surface area contributed by atoms with E-state index in [1.54, 1.807) is 4.90 Å². The maximum atomic E-state index is 12.2. The smallest absolute Gasteiger partial charge is 0.223 e. The van der Waals surface area contributed by atoms with Crippen LogP contribution in [0.3, 0.4) is 0 Å². The van der Waals surface area contributed by atoms with Gasteiger partial charge < -0.3 is 10.6 Å². The third-order valence-corrected chi connectivity index (χ3v) is 4.30. The van der Waals surface area contributed by atoms with Crippen LogP contribution in [0.4, 0.5) is 0 Å². The van der Waals surface area contributed by atoms with Crippen LogP contribution in [0, 0.1) is 5.92 Å². The van der Waals surface area contributed by atoms with Crippen molar-refractivity contribution < 1.29 is 9.59 Å². The quantitative estimate of drug-likeness (QED) is 0.938. The molecule has 2 amide bonds. The molecule has 4 nitrogen and oxygen atoms in total. The average molecular weight is 282 g/mol. The molecule has 0 aliphatic carbocycles. The van der Waals surface area contributed by atoms with Gasteiger partial charge in [0.05, 0.1) is 12.0 Å². The molecule has 1 aliphatic heterocycles. The molecule has 2 N–H and O–H groups in total. The Balaban J connectivity index is 1.96. The second-order valence-electron chi connectivity index (χ2n) is 5.59. The van der Waals surface area contributed by atoms with Crippen LogP contribution < -0.4 is 5.73 Å². The average Bonchev–Trinajstić information content (AvgIpc) is 2.88. The van der Waals surface area contributed by atoms with Gasteiger partial charge in [0.1, 0.15) is 0 Å². The number of carbonyl (C=O) groups excluding carboxylic acids is 2. The fraction of sp³-hybridized carbons (Fsp3) is 0.294. The van der Waals surface area contributed by atoms with Crippen molar-refractivity contribution in [1.29, 1.82) is 0 Å². The molecule has 108 valence electrons. The Labute approximate surface area is 123 Å². The van der Waals surface area contributed by atoms with E-state index < -0.39 is 5.91 Å². The maximum absolute atomic E-state index is 12.2. The van der Waals surface area contributed by atoms with Crippen LogP contribution in [0.5, 0.6) is 0 Å². The van der Waals surface area contributed by atoms with Crippen molar-refractivity contribution in [2.45, 2.75) is 19.4 Å². The number of hydrogen-bond donors (Lipinski definition) is 1. The van der Waals surface area contributed by atoms with E-state index in [4.69, 9.17) is 5.73 Å². The van der Waals surface area contributed by atoms with Crippen LogP contribution in [-0.2, 0) is 9.59 Å². The van der Waals surface area contributed by atoms with E-state index >= 15 is 0 Å². The second-order valence-corrected chi connectivity index (χ2v) is 5.59. The molecule has 0 saturated carbocycles. The Morgan fingerprint density at radius 3 is 2.67 bits per heavy atom. The van der Waals surface area contributed by atoms with E-state index in [0.717, 1.165) is 16.3 Å². The van der Waals surface area contributed by atoms with Crippen molar-refractivity contribution in [3.8, 4) is 0 Å². The van der Waals surface area contributed by atoms with Gasteiger partial charge in [0.25, 0.3) is 0 Å². The Kier molecular flexibility index (Phi) is 3.37. The molecule has 2 unspecified atom stereocenters. The zero-order valence-electron chi connectivity index (χ0n) is 12.0. The number of nitrogens with two attached hydrogens (primary N) is 1. The van der Waals surface area contributed by atoms with Gasteiger partial charge in [0.15, 0.2) is 0 Å². The summed E-state index contributed by atoms with van der Waals surface area (Å²) >= 11 is 0. The normalized spacial score (nSPS) is 20.0. The molecule has 0 bridgehead atoms. The fourth-order valence-corrected chi connectivity index (χ4v) is 3.08. The van der Waals surface area contributed by atoms with E-state index in [2.05, 4.69) is 18.2 Å². The summed E-state index contributed by atoms with van der Waals surface area (Å²) in [5, 5.41) is 2.29. The van der Waals surface area contributed by atoms with Gasteiger partial charge in [-0.1, -0.05) is 42.5 Å². The van der Waals surface area contributed by atoms with Gasteiger partial charge >= 0.3 is 0 Å². The summed E-state index contributed by atoms with van der Waals surface area (Å²) in [6, 6.07) is 14.2. The highest BCUT2D eigenvalue weighted by atomic mass is 16.2. The number of benzene rings is 2. The molecule has 0 radical (unpaired) electrons. The minimum Gasteiger partial charge on any atom is -0.369 e. The number of nitrogens with zero attached hydrogens (tertiary/aromatic N) is 1. The van der Waals surface area contributed by atoms with Gasteiger partial charge in [0.2, 0.25) is 11.8 Å². The van der Waals surface area contributed by atoms with Gasteiger partial charge in [0, 0.05) is 13.0 Å². The summed E-state index contributed by atoms with van der Waals surface area (Å²) < 4.78 is 0. The van der Waals surface area contributed by atoms with E-state index in [1.165, 1.54) is 0 Å². The van der Waals surface area contributed by atoms with Crippen LogP contribution in [-0.4, -0.2) is 23.3 Å². The summed E-state index contributed by atoms with van der Waals surface area (Å²) in [5.41, 5.74) is 6.44. The molecule has 1 aliphatic rings. The Hall–Kier alpha value is -2.36. The van der Waals surface area contributed by atoms with Crippen molar-refractivity contribution in [2.24, 2.45) is 11.7 Å². The number of likely N-dealkylation sites (tertiary alicyclic amines) is 1. The predicted octanol–water partition coefficient (Wildman–Crippen LogP) is 2.23. The lowest BCUT2D eigenvalue weighted by molar-refractivity contribution is -0.130. The van der Waals surface area contributed by atoms with Crippen molar-refractivity contribution in [1.82, 2.24) is 4.90 Å². The summed E-state index contributed by atoms with van der Waals surface area (Å²) in [5.74, 6) is -0.759. The third-order valence-electron chi connectivity index (χ3n) is 4.30. The lowest BCUT2D eigenvalue weighted by Crippen LogP contribution is -2.30. The van der Waals surface area contributed by atoms with Crippen LogP contribution in [0.15, 0.2) is 42.5 Å². The Bertz CT molecular complexity index is 706. The van der Waals surface area contributed by atoms with E-state index in [0.29, 0.717) is 6.54 Å². The molecule has 2 aromatic rings. The van der Waals surface area contributed by atoms with E-state index in [9.17, 15) is 9.59 Å². The highest BCUT2D eigenvalue weighted by Gasteiger charge is 2.36. The first kappa shape index (κ1) is 13.6. The van der Waals surface area contributed by atoms with Crippen LogP contribution in [0.2, 0.25) is 0 Å². The molecule has 2 atom stereocenters. The zero-order valence-corrected chi connectivity index (χ0v) is 12.0. The summed E-state index contributed by atoms with van der Waals surface area (Å²) in [4.78, 5) is 25.2. The molecule has 3 rings (SSSR count). The van der Waals surface area contributed by atoms with Gasteiger partial charge in [-0.05, 0) is 23.3 Å². The van der Waals surface area contributed by atoms with Crippen molar-refractivity contribution in [3.63, 3.8) is 0 Å². The number of primary amides is 1. The predicted molar refractivity (Wildman–Crippen MR) is 81.4 cm³/mol. The number of amides is 2. The molecular weight excluding hydrogens is 264 g/mol. The first-order valence-electron chi connectivity index (χ1n) is 7.14. The van der Waals surface area contributed by atoms with Gasteiger partial charge in [-0.2, -0.15) is 0 Å². The minimum atomic E-state index is -0.393. The van der Waals surface area contributed by atoms with Gasteiger partial charge in [-0.15, -0.1) is 0 Å². The van der Waals surface area contributed by atoms with Gasteiger partial charge in [-0.3, -0.25) is 9.59 Å². The number of carbonyl (C=O) groups is 2. The molecule has 1 saturated heterocycles. The van der Waals surface area contributed by atoms with Crippen molar-refractivity contribution >= 4 is 22.6 Å². The molecular formula is C17H18N2O2. The Morgan fingerprint density at radius 2 is 1.95 bits per heavy atom. The fourth-order valence-electron chi connectivity index (χ4n) is 3.08. The van der Waals surface area contributed by atoms with Crippen LogP contribution in [0.25, 0.3) is 10.8 Å². The molecule has 2 aromatic carbocycles. The largest absolute Gasteiger partial charge is 0.369 e. The lowest BCUT2D eigenvalue weighted by Gasteiger charge is -2.26. The monoisotopic (exact) mass is 282 g/mol. The molecule has 1 fully saturated rings. The third kappa shape index (κ3) is 2.37. The van der Waals surface area contributed by atoms with Crippen LogP contribution >= 0.6 is 0 Å². The van der Waals surface area contributed by atoms with E-state index in [-0.39, 0.29) is 24.3 Å². The topological polar surface area (TPSA) is 63.4 Å². The van der Waals surface area contributed by atoms with Crippen molar-refractivity contribution in [2.75, 3.05) is 6.54 Å². The second kappa shape index (κ2) is 5.20. The summed E-state index contributed by atoms with van der Waals surface area (Å²) in [7, 11) is 0. The maximum Gasteiger partial charge on any atom is 0.223 e. The first-order chi connectivity index (χ1) is 10.1. The standard InChI is InChI=1S/C17H18N2O2/c1-11(19-10-13(17(18)21)9-16(19)20)14-8-4-6-12-5-2-3-7-15(12)14/h2-8,11,13H,9-10H2,1H3,(H2,18,21). The lowest BCUT2D eigenvalue weighted by atomic mass is 9.99. The Morgan fingerprint density at radius 1 is 1.24 bits per heavy atom. The van der Waals surface area contributed by atoms with E-state index in [1.807, 2.05) is 31.2 Å². The molecule has 21 heavy (non-hydrogen) atoms. The molecule has 4 heteroatoms.